The molecule has 1 aromatic rings. The van der Waals surface area contributed by atoms with Crippen molar-refractivity contribution in [2.45, 2.75) is 31.2 Å². The van der Waals surface area contributed by atoms with Gasteiger partial charge in [0.05, 0.1) is 0 Å². The van der Waals surface area contributed by atoms with E-state index >= 15 is 0 Å². The first kappa shape index (κ1) is 11.9. The molecule has 0 amide bonds. The van der Waals surface area contributed by atoms with Crippen LogP contribution in [0, 0.1) is 0 Å². The van der Waals surface area contributed by atoms with Crippen molar-refractivity contribution in [2.75, 3.05) is 13.1 Å². The van der Waals surface area contributed by atoms with Crippen molar-refractivity contribution in [1.82, 2.24) is 5.32 Å². The Morgan fingerprint density at radius 3 is 2.62 bits per heavy atom. The summed E-state index contributed by atoms with van der Waals surface area (Å²) in [4.78, 5) is 0. The first-order chi connectivity index (χ1) is 7.81. The van der Waals surface area contributed by atoms with Gasteiger partial charge >= 0.3 is 0 Å². The maximum Gasteiger partial charge on any atom is 0.0406 e. The molecule has 88 valence electrons. The van der Waals surface area contributed by atoms with Crippen LogP contribution in [0.4, 0.5) is 0 Å². The third kappa shape index (κ3) is 2.76. The van der Waals surface area contributed by atoms with Gasteiger partial charge in [0.1, 0.15) is 0 Å². The Morgan fingerprint density at radius 2 is 2.06 bits per heavy atom. The summed E-state index contributed by atoms with van der Waals surface area (Å²) in [6.07, 6.45) is 3.82. The molecule has 0 aliphatic carbocycles. The van der Waals surface area contributed by atoms with Crippen LogP contribution >= 0.6 is 11.6 Å². The lowest BCUT2D eigenvalue weighted by atomic mass is 9.86. The predicted molar refractivity (Wildman–Crippen MR) is 68.9 cm³/mol. The van der Waals surface area contributed by atoms with E-state index in [1.165, 1.54) is 24.8 Å². The number of rotatable bonds is 3. The minimum Gasteiger partial charge on any atom is -0.330 e. The highest BCUT2D eigenvalue weighted by atomic mass is 35.5. The zero-order chi connectivity index (χ0) is 11.4. The number of nitrogens with two attached hydrogens (primary N) is 1. The van der Waals surface area contributed by atoms with Crippen LogP contribution in [0.5, 0.6) is 0 Å². The van der Waals surface area contributed by atoms with E-state index in [4.69, 9.17) is 17.3 Å². The Morgan fingerprint density at radius 1 is 1.31 bits per heavy atom. The molecule has 3 N–H and O–H groups in total. The van der Waals surface area contributed by atoms with Crippen molar-refractivity contribution in [2.24, 2.45) is 5.73 Å². The number of hydrogen-bond acceptors (Lipinski definition) is 2. The Kier molecular flexibility index (Phi) is 4.22. The molecule has 2 atom stereocenters. The van der Waals surface area contributed by atoms with Gasteiger partial charge in [-0.2, -0.15) is 0 Å². The van der Waals surface area contributed by atoms with E-state index in [1.54, 1.807) is 0 Å². The Labute approximate surface area is 102 Å². The molecule has 2 unspecified atom stereocenters. The zero-order valence-electron chi connectivity index (χ0n) is 9.45. The molecule has 0 spiro atoms. The fraction of sp³-hybridized carbons (Fsp3) is 0.538. The standard InChI is InChI=1S/C13H19ClN2/c14-11-6-4-10(5-7-11)12(9-15)13-3-1-2-8-16-13/h4-7,12-13,16H,1-3,8-9,15H2. The van der Waals surface area contributed by atoms with Gasteiger partial charge in [0.2, 0.25) is 0 Å². The average molecular weight is 239 g/mol. The predicted octanol–water partition coefficient (Wildman–Crippen LogP) is 2.52. The maximum absolute atomic E-state index is 5.90. The van der Waals surface area contributed by atoms with Gasteiger partial charge in [-0.1, -0.05) is 30.2 Å². The first-order valence-corrected chi connectivity index (χ1v) is 6.38. The topological polar surface area (TPSA) is 38.0 Å². The lowest BCUT2D eigenvalue weighted by Crippen LogP contribution is -2.41. The van der Waals surface area contributed by atoms with E-state index in [0.29, 0.717) is 18.5 Å². The number of nitrogens with one attached hydrogen (secondary N) is 1. The van der Waals surface area contributed by atoms with E-state index in [2.05, 4.69) is 17.4 Å². The third-order valence-electron chi connectivity index (χ3n) is 3.39. The second kappa shape index (κ2) is 5.67. The van der Waals surface area contributed by atoms with Crippen molar-refractivity contribution < 1.29 is 0 Å². The number of benzene rings is 1. The molecule has 2 nitrogen and oxygen atoms in total. The molecule has 0 saturated carbocycles. The van der Waals surface area contributed by atoms with Crippen molar-refractivity contribution >= 4 is 11.6 Å². The fourth-order valence-corrected chi connectivity index (χ4v) is 2.59. The first-order valence-electron chi connectivity index (χ1n) is 6.00. The second-order valence-corrected chi connectivity index (χ2v) is 4.89. The van der Waals surface area contributed by atoms with Crippen molar-refractivity contribution in [3.8, 4) is 0 Å². The smallest absolute Gasteiger partial charge is 0.0406 e. The molecule has 1 fully saturated rings. The molecule has 3 heteroatoms. The van der Waals surface area contributed by atoms with Gasteiger partial charge < -0.3 is 11.1 Å². The van der Waals surface area contributed by atoms with Gasteiger partial charge in [-0.25, -0.2) is 0 Å². The van der Waals surface area contributed by atoms with Gasteiger partial charge in [0, 0.05) is 23.5 Å². The molecule has 1 aliphatic heterocycles. The van der Waals surface area contributed by atoms with Crippen LogP contribution in [0.1, 0.15) is 30.7 Å². The van der Waals surface area contributed by atoms with E-state index in [0.717, 1.165) is 11.6 Å². The normalized spacial score (nSPS) is 23.0. The third-order valence-corrected chi connectivity index (χ3v) is 3.64. The van der Waals surface area contributed by atoms with Crippen molar-refractivity contribution in [3.05, 3.63) is 34.9 Å². The summed E-state index contributed by atoms with van der Waals surface area (Å²) in [5.74, 6) is 0.414. The van der Waals surface area contributed by atoms with Crippen molar-refractivity contribution in [1.29, 1.82) is 0 Å². The molecule has 1 aliphatic rings. The van der Waals surface area contributed by atoms with E-state index < -0.39 is 0 Å². The summed E-state index contributed by atoms with van der Waals surface area (Å²) < 4.78 is 0. The Hall–Kier alpha value is -0.570. The molecule has 2 rings (SSSR count). The molecule has 0 radical (unpaired) electrons. The van der Waals surface area contributed by atoms with Crippen molar-refractivity contribution in [3.63, 3.8) is 0 Å². The van der Waals surface area contributed by atoms with Gasteiger partial charge in [0.25, 0.3) is 0 Å². The highest BCUT2D eigenvalue weighted by Crippen LogP contribution is 2.25. The fourth-order valence-electron chi connectivity index (χ4n) is 2.46. The van der Waals surface area contributed by atoms with E-state index in [1.807, 2.05) is 12.1 Å². The van der Waals surface area contributed by atoms with Crippen LogP contribution in [0.15, 0.2) is 24.3 Å². The Bertz CT molecular complexity index is 317. The van der Waals surface area contributed by atoms with E-state index in [-0.39, 0.29) is 0 Å². The average Bonchev–Trinajstić information content (AvgIpc) is 2.34. The van der Waals surface area contributed by atoms with Gasteiger partial charge in [0.15, 0.2) is 0 Å². The van der Waals surface area contributed by atoms with Crippen LogP contribution in [-0.2, 0) is 0 Å². The maximum atomic E-state index is 5.90. The molecule has 1 aromatic carbocycles. The second-order valence-electron chi connectivity index (χ2n) is 4.45. The molecule has 0 aromatic heterocycles. The summed E-state index contributed by atoms with van der Waals surface area (Å²) in [5.41, 5.74) is 7.20. The lowest BCUT2D eigenvalue weighted by molar-refractivity contribution is 0.352. The SMILES string of the molecule is NCC(c1ccc(Cl)cc1)C1CCCCN1. The van der Waals surface area contributed by atoms with Gasteiger partial charge in [-0.3, -0.25) is 0 Å². The minimum absolute atomic E-state index is 0.414. The summed E-state index contributed by atoms with van der Waals surface area (Å²) in [5, 5.41) is 4.36. The lowest BCUT2D eigenvalue weighted by Gasteiger charge is -2.31. The quantitative estimate of drug-likeness (QED) is 0.849. The molecule has 1 saturated heterocycles. The highest BCUT2D eigenvalue weighted by Gasteiger charge is 2.23. The van der Waals surface area contributed by atoms with Gasteiger partial charge in [-0.15, -0.1) is 0 Å². The summed E-state index contributed by atoms with van der Waals surface area (Å²) >= 11 is 5.90. The molecule has 1 heterocycles. The molecular formula is C13H19ClN2. The number of halogens is 1. The van der Waals surface area contributed by atoms with Crippen LogP contribution in [-0.4, -0.2) is 19.1 Å². The number of piperidine rings is 1. The summed E-state index contributed by atoms with van der Waals surface area (Å²) in [6.45, 7) is 1.81. The summed E-state index contributed by atoms with van der Waals surface area (Å²) in [6, 6.07) is 8.61. The van der Waals surface area contributed by atoms with Crippen LogP contribution in [0.25, 0.3) is 0 Å². The van der Waals surface area contributed by atoms with Gasteiger partial charge in [-0.05, 0) is 37.1 Å². The monoisotopic (exact) mass is 238 g/mol. The number of hydrogen-bond donors (Lipinski definition) is 2. The molecule has 16 heavy (non-hydrogen) atoms. The highest BCUT2D eigenvalue weighted by molar-refractivity contribution is 6.30. The largest absolute Gasteiger partial charge is 0.330 e. The van der Waals surface area contributed by atoms with Crippen LogP contribution < -0.4 is 11.1 Å². The van der Waals surface area contributed by atoms with E-state index in [9.17, 15) is 0 Å². The minimum atomic E-state index is 0.414. The Balaban J connectivity index is 2.11. The zero-order valence-corrected chi connectivity index (χ0v) is 10.2. The summed E-state index contributed by atoms with van der Waals surface area (Å²) in [7, 11) is 0. The van der Waals surface area contributed by atoms with Crippen LogP contribution in [0.3, 0.4) is 0 Å². The van der Waals surface area contributed by atoms with Crippen LogP contribution in [0.2, 0.25) is 5.02 Å². The molecule has 0 bridgehead atoms. The molecular weight excluding hydrogens is 220 g/mol.